The number of nitrogens with zero attached hydrogens (tertiary/aromatic N) is 2. The number of aliphatic hydroxyl groups is 1. The predicted molar refractivity (Wildman–Crippen MR) is 123 cm³/mol. The van der Waals surface area contributed by atoms with Crippen molar-refractivity contribution in [1.29, 1.82) is 0 Å². The summed E-state index contributed by atoms with van der Waals surface area (Å²) in [5.74, 6) is -1.13. The fourth-order valence-corrected chi connectivity index (χ4v) is 3.73. The quantitative estimate of drug-likeness (QED) is 0.320. The van der Waals surface area contributed by atoms with Crippen molar-refractivity contribution in [3.8, 4) is 5.75 Å². The van der Waals surface area contributed by atoms with Gasteiger partial charge in [-0.1, -0.05) is 24.6 Å². The van der Waals surface area contributed by atoms with Crippen molar-refractivity contribution in [3.63, 3.8) is 0 Å². The highest BCUT2D eigenvalue weighted by molar-refractivity contribution is 6.51. The van der Waals surface area contributed by atoms with Crippen molar-refractivity contribution in [3.05, 3.63) is 94.8 Å². The van der Waals surface area contributed by atoms with Crippen LogP contribution in [0.15, 0.2) is 78.5 Å². The van der Waals surface area contributed by atoms with Crippen molar-refractivity contribution in [2.24, 2.45) is 0 Å². The van der Waals surface area contributed by atoms with Gasteiger partial charge < -0.3 is 9.84 Å². The smallest absolute Gasteiger partial charge is 0.300 e. The topological polar surface area (TPSA) is 79.7 Å². The molecule has 7 heteroatoms. The summed E-state index contributed by atoms with van der Waals surface area (Å²) in [5, 5.41) is 11.6. The zero-order valence-corrected chi connectivity index (χ0v) is 18.1. The second kappa shape index (κ2) is 9.24. The monoisotopic (exact) mass is 448 g/mol. The third-order valence-corrected chi connectivity index (χ3v) is 5.37. The van der Waals surface area contributed by atoms with E-state index in [9.17, 15) is 14.7 Å². The first kappa shape index (κ1) is 21.6. The molecule has 1 aliphatic rings. The van der Waals surface area contributed by atoms with Crippen LogP contribution in [0.25, 0.3) is 5.76 Å². The van der Waals surface area contributed by atoms with Crippen molar-refractivity contribution in [2.75, 3.05) is 11.5 Å². The van der Waals surface area contributed by atoms with Crippen LogP contribution in [0.3, 0.4) is 0 Å². The first-order valence-corrected chi connectivity index (χ1v) is 10.6. The average molecular weight is 449 g/mol. The van der Waals surface area contributed by atoms with E-state index in [1.165, 1.54) is 4.90 Å². The Morgan fingerprint density at radius 1 is 1.06 bits per heavy atom. The molecule has 3 aromatic rings. The molecule has 0 radical (unpaired) electrons. The van der Waals surface area contributed by atoms with E-state index in [0.717, 1.165) is 6.42 Å². The van der Waals surface area contributed by atoms with Gasteiger partial charge in [-0.2, -0.15) is 0 Å². The molecule has 162 valence electrons. The van der Waals surface area contributed by atoms with Gasteiger partial charge in [-0.25, -0.2) is 0 Å². The molecule has 1 aliphatic heterocycles. The minimum atomic E-state index is -0.881. The summed E-state index contributed by atoms with van der Waals surface area (Å²) in [6.07, 6.45) is 2.46. The molecular weight excluding hydrogens is 428 g/mol. The summed E-state index contributed by atoms with van der Waals surface area (Å²) in [5.41, 5.74) is 1.33. The van der Waals surface area contributed by atoms with E-state index in [1.54, 1.807) is 72.9 Å². The highest BCUT2D eigenvalue weighted by atomic mass is 35.5. The van der Waals surface area contributed by atoms with Gasteiger partial charge in [0.1, 0.15) is 17.6 Å². The molecule has 1 fully saturated rings. The second-order valence-electron chi connectivity index (χ2n) is 7.27. The number of benzene rings is 2. The largest absolute Gasteiger partial charge is 0.507 e. The van der Waals surface area contributed by atoms with Gasteiger partial charge in [0.25, 0.3) is 11.7 Å². The van der Waals surface area contributed by atoms with Gasteiger partial charge in [0.2, 0.25) is 0 Å². The van der Waals surface area contributed by atoms with E-state index in [0.29, 0.717) is 34.3 Å². The normalized spacial score (nSPS) is 17.6. The zero-order valence-electron chi connectivity index (χ0n) is 17.4. The Labute approximate surface area is 190 Å². The number of amides is 1. The standard InChI is InChI=1S/C25H21ClN2O4/c1-2-15-32-19-12-6-16(7-13-19)23(29)21-22(20-5-3-4-14-27-20)28(25(31)24(21)30)18-10-8-17(26)9-11-18/h3-14,22,29H,2,15H2,1H3/b23-21-. The molecule has 1 unspecified atom stereocenters. The molecule has 1 amide bonds. The SMILES string of the molecule is CCCOc1ccc(/C(O)=C2/C(=O)C(=O)N(c3ccc(Cl)cc3)C2c2ccccn2)cc1. The van der Waals surface area contributed by atoms with Gasteiger partial charge in [0.05, 0.1) is 17.9 Å². The van der Waals surface area contributed by atoms with E-state index in [2.05, 4.69) is 4.98 Å². The van der Waals surface area contributed by atoms with Crippen LogP contribution in [-0.2, 0) is 9.59 Å². The summed E-state index contributed by atoms with van der Waals surface area (Å²) in [6, 6.07) is 17.7. The molecule has 1 saturated heterocycles. The molecule has 0 spiro atoms. The minimum absolute atomic E-state index is 0.0223. The summed E-state index contributed by atoms with van der Waals surface area (Å²) >= 11 is 6.00. The Kier molecular flexibility index (Phi) is 6.23. The van der Waals surface area contributed by atoms with Gasteiger partial charge >= 0.3 is 0 Å². The molecule has 2 heterocycles. The predicted octanol–water partition coefficient (Wildman–Crippen LogP) is 5.15. The van der Waals surface area contributed by atoms with Crippen molar-refractivity contribution in [1.82, 2.24) is 4.98 Å². The van der Waals surface area contributed by atoms with Crippen LogP contribution >= 0.6 is 11.6 Å². The molecule has 1 atom stereocenters. The Hall–Kier alpha value is -3.64. The number of aromatic nitrogens is 1. The number of carbonyl (C=O) groups excluding carboxylic acids is 2. The number of aliphatic hydroxyl groups excluding tert-OH is 1. The summed E-state index contributed by atoms with van der Waals surface area (Å²) < 4.78 is 5.58. The third kappa shape index (κ3) is 4.09. The Morgan fingerprint density at radius 3 is 2.41 bits per heavy atom. The average Bonchev–Trinajstić information content (AvgIpc) is 3.09. The number of rotatable bonds is 6. The lowest BCUT2D eigenvalue weighted by Crippen LogP contribution is -2.29. The van der Waals surface area contributed by atoms with Crippen LogP contribution in [0.2, 0.25) is 5.02 Å². The molecule has 0 bridgehead atoms. The molecule has 32 heavy (non-hydrogen) atoms. The molecule has 2 aromatic carbocycles. The van der Waals surface area contributed by atoms with Crippen LogP contribution in [0.1, 0.15) is 30.6 Å². The van der Waals surface area contributed by atoms with Crippen molar-refractivity contribution < 1.29 is 19.4 Å². The number of Topliss-reactive ketones (excluding diaryl/α,β-unsaturated/α-hetero) is 1. The number of carbonyl (C=O) groups is 2. The van der Waals surface area contributed by atoms with E-state index < -0.39 is 17.7 Å². The van der Waals surface area contributed by atoms with Crippen LogP contribution in [0.4, 0.5) is 5.69 Å². The van der Waals surface area contributed by atoms with Crippen LogP contribution in [0, 0.1) is 0 Å². The molecule has 4 rings (SSSR count). The molecule has 1 N–H and O–H groups in total. The van der Waals surface area contributed by atoms with Crippen LogP contribution < -0.4 is 9.64 Å². The molecule has 1 aromatic heterocycles. The highest BCUT2D eigenvalue weighted by Gasteiger charge is 2.47. The number of pyridine rings is 1. The van der Waals surface area contributed by atoms with E-state index in [4.69, 9.17) is 16.3 Å². The molecule has 0 aliphatic carbocycles. The summed E-state index contributed by atoms with van der Waals surface area (Å²) in [4.78, 5) is 31.8. The van der Waals surface area contributed by atoms with E-state index >= 15 is 0 Å². The number of halogens is 1. The maximum atomic E-state index is 13.1. The number of hydrogen-bond donors (Lipinski definition) is 1. The van der Waals surface area contributed by atoms with Crippen molar-refractivity contribution in [2.45, 2.75) is 19.4 Å². The van der Waals surface area contributed by atoms with Gasteiger partial charge in [0.15, 0.2) is 0 Å². The zero-order chi connectivity index (χ0) is 22.7. The Bertz CT molecular complexity index is 1160. The first-order chi connectivity index (χ1) is 15.5. The van der Waals surface area contributed by atoms with Gasteiger partial charge in [-0.3, -0.25) is 19.5 Å². The molecular formula is C25H21ClN2O4. The lowest BCUT2D eigenvalue weighted by molar-refractivity contribution is -0.132. The van der Waals surface area contributed by atoms with Crippen LogP contribution in [-0.4, -0.2) is 28.4 Å². The number of anilines is 1. The Balaban J connectivity index is 1.82. The molecule has 6 nitrogen and oxygen atoms in total. The number of hydrogen-bond acceptors (Lipinski definition) is 5. The summed E-state index contributed by atoms with van der Waals surface area (Å²) in [6.45, 7) is 2.59. The van der Waals surface area contributed by atoms with Gasteiger partial charge in [0, 0.05) is 22.5 Å². The van der Waals surface area contributed by atoms with Gasteiger partial charge in [-0.05, 0) is 67.1 Å². The van der Waals surface area contributed by atoms with Gasteiger partial charge in [-0.15, -0.1) is 0 Å². The summed E-state index contributed by atoms with van der Waals surface area (Å²) in [7, 11) is 0. The Morgan fingerprint density at radius 2 is 1.78 bits per heavy atom. The lowest BCUT2D eigenvalue weighted by Gasteiger charge is -2.24. The van der Waals surface area contributed by atoms with Crippen LogP contribution in [0.5, 0.6) is 5.75 Å². The fraction of sp³-hybridized carbons (Fsp3) is 0.160. The third-order valence-electron chi connectivity index (χ3n) is 5.12. The van der Waals surface area contributed by atoms with E-state index in [1.807, 2.05) is 6.92 Å². The number of ether oxygens (including phenoxy) is 1. The maximum absolute atomic E-state index is 13.1. The maximum Gasteiger partial charge on any atom is 0.300 e. The fourth-order valence-electron chi connectivity index (χ4n) is 3.60. The number of ketones is 1. The van der Waals surface area contributed by atoms with E-state index in [-0.39, 0.29) is 11.3 Å². The highest BCUT2D eigenvalue weighted by Crippen LogP contribution is 2.41. The van der Waals surface area contributed by atoms with Crippen molar-refractivity contribution >= 4 is 34.7 Å². The second-order valence-corrected chi connectivity index (χ2v) is 7.71. The lowest BCUT2D eigenvalue weighted by atomic mass is 9.98. The minimum Gasteiger partial charge on any atom is -0.507 e. The molecule has 0 saturated carbocycles. The first-order valence-electron chi connectivity index (χ1n) is 10.2.